The van der Waals surface area contributed by atoms with E-state index in [2.05, 4.69) is 34.5 Å². The van der Waals surface area contributed by atoms with E-state index in [0.717, 1.165) is 41.7 Å². The SMILES string of the molecule is C[C@@H]1[C@@H]([Si](C)(C)O)[C@H](CCn2cc(C(CO)c3ccccc3)nn2)O[C@@H]1CCc1ccc(-n2[nH]c3ccccc3c2=O)cc1. The summed E-state index contributed by atoms with van der Waals surface area (Å²) in [6.07, 6.45) is 4.32. The van der Waals surface area contributed by atoms with Gasteiger partial charge in [0, 0.05) is 18.3 Å². The van der Waals surface area contributed by atoms with Crippen LogP contribution in [0.5, 0.6) is 0 Å². The molecule has 9 nitrogen and oxygen atoms in total. The lowest BCUT2D eigenvalue weighted by Gasteiger charge is -2.30. The summed E-state index contributed by atoms with van der Waals surface area (Å²) in [5.74, 6) is 0.0186. The topological polar surface area (TPSA) is 118 Å². The van der Waals surface area contributed by atoms with Crippen LogP contribution in [0.15, 0.2) is 89.9 Å². The lowest BCUT2D eigenvalue weighted by Crippen LogP contribution is -2.40. The smallest absolute Gasteiger partial charge is 0.279 e. The highest BCUT2D eigenvalue weighted by Gasteiger charge is 2.49. The van der Waals surface area contributed by atoms with Crippen LogP contribution in [0.4, 0.5) is 0 Å². The Balaban J connectivity index is 1.09. The van der Waals surface area contributed by atoms with Gasteiger partial charge in [0.1, 0.15) is 0 Å². The second kappa shape index (κ2) is 12.6. The molecule has 44 heavy (non-hydrogen) atoms. The zero-order chi connectivity index (χ0) is 30.8. The van der Waals surface area contributed by atoms with Gasteiger partial charge in [-0.3, -0.25) is 14.6 Å². The molecule has 5 aromatic rings. The molecule has 1 unspecified atom stereocenters. The van der Waals surface area contributed by atoms with Gasteiger partial charge in [0.05, 0.1) is 47.0 Å². The Morgan fingerprint density at radius 2 is 1.70 bits per heavy atom. The lowest BCUT2D eigenvalue weighted by molar-refractivity contribution is 0.0245. The summed E-state index contributed by atoms with van der Waals surface area (Å²) in [6.45, 7) is 6.82. The van der Waals surface area contributed by atoms with E-state index in [-0.39, 0.29) is 41.8 Å². The summed E-state index contributed by atoms with van der Waals surface area (Å²) < 4.78 is 10.1. The Morgan fingerprint density at radius 3 is 2.41 bits per heavy atom. The normalized spacial score (nSPS) is 21.2. The van der Waals surface area contributed by atoms with E-state index < -0.39 is 8.32 Å². The zero-order valence-corrected chi connectivity index (χ0v) is 26.5. The molecular weight excluding hydrogens is 570 g/mol. The number of aryl methyl sites for hydroxylation is 2. The van der Waals surface area contributed by atoms with Crippen LogP contribution in [-0.2, 0) is 17.7 Å². The van der Waals surface area contributed by atoms with Crippen LogP contribution >= 0.6 is 0 Å². The van der Waals surface area contributed by atoms with Crippen LogP contribution in [0.3, 0.4) is 0 Å². The zero-order valence-electron chi connectivity index (χ0n) is 25.5. The molecule has 0 amide bonds. The fraction of sp³-hybridized carbons (Fsp3) is 0.382. The molecule has 3 heterocycles. The van der Waals surface area contributed by atoms with E-state index in [0.29, 0.717) is 11.9 Å². The van der Waals surface area contributed by atoms with Crippen molar-refractivity contribution in [2.45, 2.75) is 69.5 Å². The fourth-order valence-electron chi connectivity index (χ4n) is 6.94. The summed E-state index contributed by atoms with van der Waals surface area (Å²) in [7, 11) is -2.51. The Labute approximate surface area is 258 Å². The van der Waals surface area contributed by atoms with Gasteiger partial charge in [0.15, 0.2) is 8.32 Å². The quantitative estimate of drug-likeness (QED) is 0.180. The van der Waals surface area contributed by atoms with E-state index in [1.165, 1.54) is 5.56 Å². The molecule has 1 fully saturated rings. The average molecular weight is 612 g/mol. The molecule has 5 atom stereocenters. The van der Waals surface area contributed by atoms with E-state index in [9.17, 15) is 14.7 Å². The third-order valence-electron chi connectivity index (χ3n) is 9.16. The number of aromatic nitrogens is 5. The highest BCUT2D eigenvalue weighted by atomic mass is 28.4. The molecular formula is C34H41N5O4Si. The predicted octanol–water partition coefficient (Wildman–Crippen LogP) is 5.03. The number of nitrogens with zero attached hydrogens (tertiary/aromatic N) is 4. The molecule has 3 aromatic carbocycles. The molecule has 0 spiro atoms. The first-order valence-corrected chi connectivity index (χ1v) is 18.5. The van der Waals surface area contributed by atoms with E-state index in [1.807, 2.05) is 90.7 Å². The van der Waals surface area contributed by atoms with Gasteiger partial charge in [-0.25, -0.2) is 4.68 Å². The maximum absolute atomic E-state index is 12.8. The second-order valence-electron chi connectivity index (χ2n) is 12.6. The number of aliphatic hydroxyl groups is 1. The van der Waals surface area contributed by atoms with Crippen molar-refractivity contribution in [2.24, 2.45) is 5.92 Å². The van der Waals surface area contributed by atoms with Crippen molar-refractivity contribution in [3.05, 3.63) is 112 Å². The Kier molecular flexibility index (Phi) is 8.68. The molecule has 0 bridgehead atoms. The number of aromatic amines is 1. The lowest BCUT2D eigenvalue weighted by atomic mass is 9.95. The van der Waals surface area contributed by atoms with Crippen LogP contribution < -0.4 is 5.56 Å². The molecule has 0 radical (unpaired) electrons. The van der Waals surface area contributed by atoms with Crippen molar-refractivity contribution in [1.29, 1.82) is 0 Å². The maximum atomic E-state index is 12.8. The van der Waals surface area contributed by atoms with Crippen LogP contribution in [0.25, 0.3) is 16.6 Å². The summed E-state index contributed by atoms with van der Waals surface area (Å²) in [4.78, 5) is 24.1. The molecule has 230 valence electrons. The third kappa shape index (κ3) is 6.21. The Bertz CT molecular complexity index is 1740. The first-order chi connectivity index (χ1) is 21.2. The van der Waals surface area contributed by atoms with Crippen molar-refractivity contribution in [3.63, 3.8) is 0 Å². The third-order valence-corrected chi connectivity index (χ3v) is 11.7. The largest absolute Gasteiger partial charge is 0.432 e. The number of hydrogen-bond donors (Lipinski definition) is 3. The summed E-state index contributed by atoms with van der Waals surface area (Å²) >= 11 is 0. The molecule has 0 saturated carbocycles. The van der Waals surface area contributed by atoms with E-state index in [4.69, 9.17) is 4.74 Å². The van der Waals surface area contributed by atoms with Crippen LogP contribution in [-0.4, -0.2) is 61.8 Å². The number of nitrogens with one attached hydrogen (secondary N) is 1. The monoisotopic (exact) mass is 611 g/mol. The van der Waals surface area contributed by atoms with Gasteiger partial charge in [0.2, 0.25) is 0 Å². The standard InChI is InChI=1S/C34H41N5O4Si/c1-23-31(18-15-24-13-16-26(17-14-24)39-34(41)27-11-7-8-12-29(27)36-39)43-32(33(23)44(2,3)42)19-20-38-21-30(35-37-38)28(22-40)25-9-5-4-6-10-25/h4-14,16-17,21,23,28,31-33,36,40,42H,15,18-20,22H2,1-3H3/t23-,28?,31+,32-,33+/m0/s1. The Morgan fingerprint density at radius 1 is 0.977 bits per heavy atom. The molecule has 10 heteroatoms. The van der Waals surface area contributed by atoms with Crippen molar-refractivity contribution in [3.8, 4) is 5.69 Å². The number of para-hydroxylation sites is 1. The minimum absolute atomic E-state index is 0.0374. The number of ether oxygens (including phenoxy) is 1. The highest BCUT2D eigenvalue weighted by molar-refractivity contribution is 6.71. The minimum Gasteiger partial charge on any atom is -0.432 e. The molecule has 1 saturated heterocycles. The number of aliphatic hydroxyl groups excluding tert-OH is 1. The maximum Gasteiger partial charge on any atom is 0.279 e. The number of hydrogen-bond acceptors (Lipinski definition) is 6. The van der Waals surface area contributed by atoms with Gasteiger partial charge in [-0.2, -0.15) is 0 Å². The van der Waals surface area contributed by atoms with E-state index >= 15 is 0 Å². The molecule has 3 N–H and O–H groups in total. The number of benzene rings is 3. The van der Waals surface area contributed by atoms with Gasteiger partial charge < -0.3 is 14.6 Å². The van der Waals surface area contributed by atoms with Crippen LogP contribution in [0.1, 0.15) is 42.5 Å². The van der Waals surface area contributed by atoms with E-state index in [1.54, 1.807) is 4.68 Å². The van der Waals surface area contributed by atoms with Crippen LogP contribution in [0.2, 0.25) is 18.6 Å². The van der Waals surface area contributed by atoms with Gasteiger partial charge in [-0.05, 0) is 73.7 Å². The number of rotatable bonds is 11. The van der Waals surface area contributed by atoms with Crippen LogP contribution in [0, 0.1) is 5.92 Å². The number of fused-ring (bicyclic) bond motifs is 1. The van der Waals surface area contributed by atoms with Crippen molar-refractivity contribution in [1.82, 2.24) is 24.8 Å². The first-order valence-electron chi connectivity index (χ1n) is 15.5. The second-order valence-corrected chi connectivity index (χ2v) is 16.6. The predicted molar refractivity (Wildman–Crippen MR) is 174 cm³/mol. The number of H-pyrrole nitrogens is 1. The fourth-order valence-corrected chi connectivity index (χ4v) is 9.59. The summed E-state index contributed by atoms with van der Waals surface area (Å²) in [5, 5.41) is 22.6. The highest BCUT2D eigenvalue weighted by Crippen LogP contribution is 2.45. The average Bonchev–Trinajstić information content (AvgIpc) is 3.72. The van der Waals surface area contributed by atoms with Gasteiger partial charge >= 0.3 is 0 Å². The van der Waals surface area contributed by atoms with Crippen molar-refractivity contribution in [2.75, 3.05) is 6.61 Å². The van der Waals surface area contributed by atoms with Crippen molar-refractivity contribution < 1.29 is 14.6 Å². The van der Waals surface area contributed by atoms with Gasteiger partial charge in [-0.15, -0.1) is 5.10 Å². The van der Waals surface area contributed by atoms with Crippen molar-refractivity contribution >= 4 is 19.2 Å². The molecule has 0 aliphatic carbocycles. The van der Waals surface area contributed by atoms with Gasteiger partial charge in [0.25, 0.3) is 5.56 Å². The van der Waals surface area contributed by atoms with Gasteiger partial charge in [-0.1, -0.05) is 66.7 Å². The molecule has 6 rings (SSSR count). The Hall–Kier alpha value is -3.83. The molecule has 1 aliphatic heterocycles. The summed E-state index contributed by atoms with van der Waals surface area (Å²) in [5.41, 5.74) is 4.61. The molecule has 2 aromatic heterocycles. The summed E-state index contributed by atoms with van der Waals surface area (Å²) in [6, 6.07) is 25.5. The molecule has 1 aliphatic rings. The first kappa shape index (κ1) is 30.2. The minimum atomic E-state index is -2.51.